The smallest absolute Gasteiger partial charge is 0.275 e. The van der Waals surface area contributed by atoms with E-state index in [-0.39, 0.29) is 17.9 Å². The number of benzene rings is 1. The Balaban J connectivity index is 1.63. The molecule has 2 amide bonds. The van der Waals surface area contributed by atoms with E-state index in [1.807, 2.05) is 4.90 Å². The number of nitrogens with zero attached hydrogens (tertiary/aromatic N) is 2. The summed E-state index contributed by atoms with van der Waals surface area (Å²) in [5.74, 6) is -0.200. The highest BCUT2D eigenvalue weighted by atomic mass is 32.1. The number of nitrogens with two attached hydrogens (primary N) is 1. The molecule has 1 saturated heterocycles. The normalized spacial score (nSPS) is 17.2. The van der Waals surface area contributed by atoms with Crippen molar-refractivity contribution < 1.29 is 9.59 Å². The quantitative estimate of drug-likeness (QED) is 0.845. The number of amides is 2. The first-order chi connectivity index (χ1) is 12.6. The minimum Gasteiger partial charge on any atom is -0.336 e. The van der Waals surface area contributed by atoms with Gasteiger partial charge in [-0.25, -0.2) is 4.98 Å². The number of aromatic nitrogens is 1. The fourth-order valence-corrected chi connectivity index (χ4v) is 3.90. The van der Waals surface area contributed by atoms with E-state index in [0.717, 1.165) is 24.4 Å². The second-order valence-corrected chi connectivity index (χ2v) is 7.48. The van der Waals surface area contributed by atoms with Crippen molar-refractivity contribution >= 4 is 28.8 Å². The van der Waals surface area contributed by atoms with E-state index in [2.05, 4.69) is 17.2 Å². The summed E-state index contributed by atoms with van der Waals surface area (Å²) in [6.07, 6.45) is 3.97. The molecule has 6 nitrogen and oxygen atoms in total. The van der Waals surface area contributed by atoms with Crippen LogP contribution < -0.4 is 11.1 Å². The zero-order valence-corrected chi connectivity index (χ0v) is 15.7. The van der Waals surface area contributed by atoms with Crippen molar-refractivity contribution in [3.63, 3.8) is 0 Å². The molecule has 1 aliphatic heterocycles. The predicted octanol–water partition coefficient (Wildman–Crippen LogP) is 2.91. The predicted molar refractivity (Wildman–Crippen MR) is 104 cm³/mol. The van der Waals surface area contributed by atoms with Gasteiger partial charge in [-0.3, -0.25) is 9.59 Å². The van der Waals surface area contributed by atoms with Crippen LogP contribution in [-0.4, -0.2) is 40.8 Å². The van der Waals surface area contributed by atoms with Crippen molar-refractivity contribution in [2.24, 2.45) is 5.73 Å². The molecule has 2 aromatic rings. The van der Waals surface area contributed by atoms with Crippen molar-refractivity contribution in [3.8, 4) is 0 Å². The highest BCUT2D eigenvalue weighted by Crippen LogP contribution is 2.20. The number of likely N-dealkylation sites (tertiary alicyclic amines) is 1. The summed E-state index contributed by atoms with van der Waals surface area (Å²) < 4.78 is 0. The minimum absolute atomic E-state index is 0.0565. The molecule has 0 saturated carbocycles. The highest BCUT2D eigenvalue weighted by Gasteiger charge is 2.24. The van der Waals surface area contributed by atoms with Gasteiger partial charge in [-0.2, -0.15) is 0 Å². The van der Waals surface area contributed by atoms with E-state index in [4.69, 9.17) is 5.73 Å². The monoisotopic (exact) mass is 372 g/mol. The molecule has 0 aliphatic carbocycles. The van der Waals surface area contributed by atoms with Gasteiger partial charge in [0, 0.05) is 35.6 Å². The van der Waals surface area contributed by atoms with Gasteiger partial charge in [0.2, 0.25) is 0 Å². The average molecular weight is 372 g/mol. The van der Waals surface area contributed by atoms with E-state index >= 15 is 0 Å². The Kier molecular flexibility index (Phi) is 6.00. The molecule has 1 fully saturated rings. The van der Waals surface area contributed by atoms with Crippen LogP contribution in [0.3, 0.4) is 0 Å². The highest BCUT2D eigenvalue weighted by molar-refractivity contribution is 7.09. The molecule has 1 aromatic heterocycles. The molecule has 1 aliphatic rings. The molecule has 2 heterocycles. The SMILES string of the molecule is CC1CCCCN1C(=O)c1ccc(NC(=O)c2csc(CCN)n2)cc1. The molecule has 0 radical (unpaired) electrons. The third-order valence-corrected chi connectivity index (χ3v) is 5.50. The molecule has 0 spiro atoms. The topological polar surface area (TPSA) is 88.3 Å². The van der Waals surface area contributed by atoms with Gasteiger partial charge in [-0.05, 0) is 57.0 Å². The van der Waals surface area contributed by atoms with Crippen molar-refractivity contribution in [2.45, 2.75) is 38.6 Å². The van der Waals surface area contributed by atoms with E-state index in [1.165, 1.54) is 17.8 Å². The zero-order valence-electron chi connectivity index (χ0n) is 14.9. The van der Waals surface area contributed by atoms with Gasteiger partial charge in [0.1, 0.15) is 5.69 Å². The van der Waals surface area contributed by atoms with Crippen LogP contribution in [0.25, 0.3) is 0 Å². The largest absolute Gasteiger partial charge is 0.336 e. The summed E-state index contributed by atoms with van der Waals surface area (Å²) in [4.78, 5) is 31.1. The van der Waals surface area contributed by atoms with Crippen LogP contribution in [0.2, 0.25) is 0 Å². The van der Waals surface area contributed by atoms with Gasteiger partial charge in [0.25, 0.3) is 11.8 Å². The van der Waals surface area contributed by atoms with Crippen LogP contribution in [0.15, 0.2) is 29.6 Å². The zero-order chi connectivity index (χ0) is 18.5. The Morgan fingerprint density at radius 3 is 2.77 bits per heavy atom. The summed E-state index contributed by atoms with van der Waals surface area (Å²) in [6.45, 7) is 3.42. The van der Waals surface area contributed by atoms with Crippen molar-refractivity contribution in [2.75, 3.05) is 18.4 Å². The Morgan fingerprint density at radius 1 is 1.31 bits per heavy atom. The fraction of sp³-hybridized carbons (Fsp3) is 0.421. The summed E-state index contributed by atoms with van der Waals surface area (Å²) in [6, 6.07) is 7.32. The maximum atomic E-state index is 12.6. The standard InChI is InChI=1S/C19H24N4O2S/c1-13-4-2-3-11-23(13)19(25)14-5-7-15(8-6-14)21-18(24)16-12-26-17(22-16)9-10-20/h5-8,12-13H,2-4,9-11,20H2,1H3,(H,21,24). The number of anilines is 1. The molecule has 1 atom stereocenters. The first-order valence-electron chi connectivity index (χ1n) is 8.95. The molecule has 3 N–H and O–H groups in total. The van der Waals surface area contributed by atoms with Crippen molar-refractivity contribution in [1.29, 1.82) is 0 Å². The third-order valence-electron chi connectivity index (χ3n) is 4.60. The molecule has 7 heteroatoms. The van der Waals surface area contributed by atoms with Gasteiger partial charge in [-0.15, -0.1) is 11.3 Å². The van der Waals surface area contributed by atoms with E-state index in [9.17, 15) is 9.59 Å². The molecule has 1 unspecified atom stereocenters. The number of thiazole rings is 1. The Labute approximate surface area is 157 Å². The maximum absolute atomic E-state index is 12.6. The third kappa shape index (κ3) is 4.28. The number of carbonyl (C=O) groups is 2. The van der Waals surface area contributed by atoms with E-state index in [0.29, 0.717) is 29.9 Å². The van der Waals surface area contributed by atoms with Crippen LogP contribution >= 0.6 is 11.3 Å². The van der Waals surface area contributed by atoms with Gasteiger partial charge in [0.05, 0.1) is 5.01 Å². The van der Waals surface area contributed by atoms with E-state index < -0.39 is 0 Å². The molecular weight excluding hydrogens is 348 g/mol. The van der Waals surface area contributed by atoms with Crippen LogP contribution in [0.1, 0.15) is 52.0 Å². The number of carbonyl (C=O) groups excluding carboxylic acids is 2. The van der Waals surface area contributed by atoms with Crippen LogP contribution in [-0.2, 0) is 6.42 Å². The second-order valence-electron chi connectivity index (χ2n) is 6.54. The molecular formula is C19H24N4O2S. The first kappa shape index (κ1) is 18.5. The fourth-order valence-electron chi connectivity index (χ4n) is 3.11. The Bertz CT molecular complexity index is 772. The number of hydrogen-bond donors (Lipinski definition) is 2. The molecule has 0 bridgehead atoms. The van der Waals surface area contributed by atoms with Gasteiger partial charge in [0.15, 0.2) is 0 Å². The number of nitrogens with one attached hydrogen (secondary N) is 1. The summed E-state index contributed by atoms with van der Waals surface area (Å²) in [5.41, 5.74) is 7.19. The lowest BCUT2D eigenvalue weighted by Gasteiger charge is -2.33. The average Bonchev–Trinajstić information content (AvgIpc) is 3.11. The molecule has 3 rings (SSSR count). The lowest BCUT2D eigenvalue weighted by molar-refractivity contribution is 0.0635. The summed E-state index contributed by atoms with van der Waals surface area (Å²) >= 11 is 1.43. The van der Waals surface area contributed by atoms with Crippen LogP contribution in [0, 0.1) is 0 Å². The van der Waals surface area contributed by atoms with Crippen molar-refractivity contribution in [1.82, 2.24) is 9.88 Å². The number of hydrogen-bond acceptors (Lipinski definition) is 5. The van der Waals surface area contributed by atoms with Crippen molar-refractivity contribution in [3.05, 3.63) is 45.9 Å². The molecule has 1 aromatic carbocycles. The first-order valence-corrected chi connectivity index (χ1v) is 9.83. The Morgan fingerprint density at radius 2 is 2.08 bits per heavy atom. The lowest BCUT2D eigenvalue weighted by atomic mass is 10.0. The van der Waals surface area contributed by atoms with Gasteiger partial charge >= 0.3 is 0 Å². The lowest BCUT2D eigenvalue weighted by Crippen LogP contribution is -2.42. The molecule has 26 heavy (non-hydrogen) atoms. The van der Waals surface area contributed by atoms with E-state index in [1.54, 1.807) is 29.6 Å². The van der Waals surface area contributed by atoms with Gasteiger partial charge < -0.3 is 16.0 Å². The second kappa shape index (κ2) is 8.42. The summed E-state index contributed by atoms with van der Waals surface area (Å²) in [7, 11) is 0. The van der Waals surface area contributed by atoms with Crippen LogP contribution in [0.4, 0.5) is 5.69 Å². The van der Waals surface area contributed by atoms with Gasteiger partial charge in [-0.1, -0.05) is 0 Å². The number of piperidine rings is 1. The molecule has 138 valence electrons. The number of rotatable bonds is 5. The minimum atomic E-state index is -0.256. The summed E-state index contributed by atoms with van der Waals surface area (Å²) in [5, 5.41) is 5.41. The Hall–Kier alpha value is -2.25. The maximum Gasteiger partial charge on any atom is 0.275 e. The van der Waals surface area contributed by atoms with Crippen LogP contribution in [0.5, 0.6) is 0 Å².